The fourth-order valence-electron chi connectivity index (χ4n) is 2.34. The molecule has 1 aromatic heterocycles. The molecule has 0 radical (unpaired) electrons. The minimum Gasteiger partial charge on any atom is -0.368 e. The molecule has 0 unspecified atom stereocenters. The van der Waals surface area contributed by atoms with Crippen LogP contribution in [-0.2, 0) is 6.42 Å². The highest BCUT2D eigenvalue weighted by atomic mass is 15.1. The van der Waals surface area contributed by atoms with Crippen LogP contribution in [0, 0.1) is 0 Å². The van der Waals surface area contributed by atoms with Crippen LogP contribution in [0.1, 0.15) is 26.3 Å². The van der Waals surface area contributed by atoms with Crippen molar-refractivity contribution in [3.63, 3.8) is 0 Å². The molecule has 1 N–H and O–H groups in total. The average Bonchev–Trinajstić information content (AvgIpc) is 2.51. The van der Waals surface area contributed by atoms with E-state index in [9.17, 15) is 0 Å². The monoisotopic (exact) mass is 272 g/mol. The first kappa shape index (κ1) is 14.7. The molecule has 20 heavy (non-hydrogen) atoms. The van der Waals surface area contributed by atoms with Crippen LogP contribution in [0.2, 0.25) is 0 Å². The lowest BCUT2D eigenvalue weighted by Gasteiger charge is -2.18. The summed E-state index contributed by atoms with van der Waals surface area (Å²) in [6.07, 6.45) is 2.66. The second-order valence-electron chi connectivity index (χ2n) is 4.88. The molecule has 0 aliphatic heterocycles. The number of aryl methyl sites for hydroxylation is 1. The molecular formula is C16H24N4. The summed E-state index contributed by atoms with van der Waals surface area (Å²) >= 11 is 0. The van der Waals surface area contributed by atoms with Gasteiger partial charge in [-0.2, -0.15) is 0 Å². The van der Waals surface area contributed by atoms with Crippen LogP contribution >= 0.6 is 0 Å². The fraction of sp³-hybridized carbons (Fsp3) is 0.500. The zero-order valence-electron chi connectivity index (χ0n) is 12.7. The molecule has 0 amide bonds. The average molecular weight is 272 g/mol. The highest BCUT2D eigenvalue weighted by Crippen LogP contribution is 2.20. The van der Waals surface area contributed by atoms with Crippen LogP contribution in [0.4, 0.5) is 5.82 Å². The highest BCUT2D eigenvalue weighted by Gasteiger charge is 2.05. The summed E-state index contributed by atoms with van der Waals surface area (Å²) in [5, 5.41) is 4.56. The number of anilines is 1. The number of likely N-dealkylation sites (N-methyl/N-ethyl adjacent to an activating group) is 1. The van der Waals surface area contributed by atoms with Gasteiger partial charge in [-0.1, -0.05) is 26.8 Å². The Bertz CT molecular complexity index is 549. The van der Waals surface area contributed by atoms with Gasteiger partial charge in [-0.15, -0.1) is 0 Å². The number of nitrogens with one attached hydrogen (secondary N) is 1. The first-order valence-electron chi connectivity index (χ1n) is 7.48. The molecule has 0 spiro atoms. The number of aromatic nitrogens is 2. The maximum absolute atomic E-state index is 4.39. The first-order chi connectivity index (χ1) is 9.78. The second kappa shape index (κ2) is 7.20. The smallest absolute Gasteiger partial charge is 0.137 e. The highest BCUT2D eigenvalue weighted by molar-refractivity contribution is 5.89. The van der Waals surface area contributed by atoms with E-state index >= 15 is 0 Å². The number of fused-ring (bicyclic) bond motifs is 1. The Labute approximate surface area is 121 Å². The van der Waals surface area contributed by atoms with Crippen molar-refractivity contribution in [1.82, 2.24) is 14.9 Å². The Kier molecular flexibility index (Phi) is 5.30. The van der Waals surface area contributed by atoms with E-state index in [0.717, 1.165) is 49.3 Å². The summed E-state index contributed by atoms with van der Waals surface area (Å²) < 4.78 is 0. The van der Waals surface area contributed by atoms with E-state index in [2.05, 4.69) is 59.2 Å². The van der Waals surface area contributed by atoms with Crippen LogP contribution < -0.4 is 5.32 Å². The summed E-state index contributed by atoms with van der Waals surface area (Å²) in [4.78, 5) is 11.1. The van der Waals surface area contributed by atoms with E-state index in [-0.39, 0.29) is 0 Å². The molecule has 0 aliphatic rings. The molecule has 4 nitrogen and oxygen atoms in total. The van der Waals surface area contributed by atoms with Gasteiger partial charge in [-0.3, -0.25) is 0 Å². The number of rotatable bonds is 7. The van der Waals surface area contributed by atoms with Crippen molar-refractivity contribution in [2.75, 3.05) is 31.5 Å². The molecule has 0 saturated heterocycles. The molecule has 0 bridgehead atoms. The molecule has 0 fully saturated rings. The summed E-state index contributed by atoms with van der Waals surface area (Å²) in [6.45, 7) is 10.7. The van der Waals surface area contributed by atoms with Gasteiger partial charge in [0.05, 0.1) is 5.52 Å². The molecule has 0 atom stereocenters. The SMILES string of the molecule is CCc1ccc2ncnc(NCCN(CC)CC)c2c1. The van der Waals surface area contributed by atoms with Crippen molar-refractivity contribution in [3.8, 4) is 0 Å². The molecule has 0 aliphatic carbocycles. The normalized spacial score (nSPS) is 11.2. The Balaban J connectivity index is 2.13. The lowest BCUT2D eigenvalue weighted by Crippen LogP contribution is -2.28. The molecular weight excluding hydrogens is 248 g/mol. The number of hydrogen-bond donors (Lipinski definition) is 1. The predicted molar refractivity (Wildman–Crippen MR) is 85.2 cm³/mol. The summed E-state index contributed by atoms with van der Waals surface area (Å²) in [5.74, 6) is 0.942. The van der Waals surface area contributed by atoms with E-state index in [4.69, 9.17) is 0 Å². The van der Waals surface area contributed by atoms with E-state index in [0.29, 0.717) is 0 Å². The lowest BCUT2D eigenvalue weighted by molar-refractivity contribution is 0.316. The summed E-state index contributed by atoms with van der Waals surface area (Å²) in [5.41, 5.74) is 2.32. The molecule has 108 valence electrons. The van der Waals surface area contributed by atoms with Crippen LogP contribution in [0.25, 0.3) is 10.9 Å². The van der Waals surface area contributed by atoms with E-state index in [1.54, 1.807) is 6.33 Å². The van der Waals surface area contributed by atoms with Crippen LogP contribution in [0.15, 0.2) is 24.5 Å². The molecule has 1 aromatic carbocycles. The third-order valence-corrected chi connectivity index (χ3v) is 3.72. The van der Waals surface area contributed by atoms with Gasteiger partial charge < -0.3 is 10.2 Å². The Morgan fingerprint density at radius 2 is 1.90 bits per heavy atom. The molecule has 0 saturated carbocycles. The van der Waals surface area contributed by atoms with Gasteiger partial charge in [0, 0.05) is 18.5 Å². The zero-order valence-corrected chi connectivity index (χ0v) is 12.7. The summed E-state index contributed by atoms with van der Waals surface area (Å²) in [7, 11) is 0. The first-order valence-corrected chi connectivity index (χ1v) is 7.48. The zero-order chi connectivity index (χ0) is 14.4. The van der Waals surface area contributed by atoms with E-state index in [1.165, 1.54) is 5.56 Å². The van der Waals surface area contributed by atoms with Gasteiger partial charge in [0.25, 0.3) is 0 Å². The quantitative estimate of drug-likeness (QED) is 0.841. The Hall–Kier alpha value is -1.68. The van der Waals surface area contributed by atoms with Gasteiger partial charge >= 0.3 is 0 Å². The molecule has 1 heterocycles. The van der Waals surface area contributed by atoms with Crippen LogP contribution in [0.3, 0.4) is 0 Å². The van der Waals surface area contributed by atoms with Gasteiger partial charge in [0.1, 0.15) is 12.1 Å². The number of hydrogen-bond acceptors (Lipinski definition) is 4. The fourth-order valence-corrected chi connectivity index (χ4v) is 2.34. The second-order valence-corrected chi connectivity index (χ2v) is 4.88. The number of nitrogens with zero attached hydrogens (tertiary/aromatic N) is 3. The maximum atomic E-state index is 4.39. The third-order valence-electron chi connectivity index (χ3n) is 3.72. The van der Waals surface area contributed by atoms with E-state index < -0.39 is 0 Å². The van der Waals surface area contributed by atoms with E-state index in [1.807, 2.05) is 0 Å². The van der Waals surface area contributed by atoms with Crippen molar-refractivity contribution in [3.05, 3.63) is 30.1 Å². The summed E-state index contributed by atoms with van der Waals surface area (Å²) in [6, 6.07) is 6.40. The minimum absolute atomic E-state index is 0.907. The number of benzene rings is 1. The molecule has 4 heteroatoms. The Morgan fingerprint density at radius 3 is 2.60 bits per heavy atom. The van der Waals surface area contributed by atoms with Crippen molar-refractivity contribution >= 4 is 16.7 Å². The maximum Gasteiger partial charge on any atom is 0.137 e. The molecule has 2 rings (SSSR count). The predicted octanol–water partition coefficient (Wildman–Crippen LogP) is 2.95. The van der Waals surface area contributed by atoms with Crippen LogP contribution in [0.5, 0.6) is 0 Å². The largest absolute Gasteiger partial charge is 0.368 e. The van der Waals surface area contributed by atoms with Gasteiger partial charge in [-0.05, 0) is 37.2 Å². The molecule has 2 aromatic rings. The lowest BCUT2D eigenvalue weighted by atomic mass is 10.1. The third kappa shape index (κ3) is 3.45. The van der Waals surface area contributed by atoms with Crippen LogP contribution in [-0.4, -0.2) is 41.0 Å². The Morgan fingerprint density at radius 1 is 1.10 bits per heavy atom. The minimum atomic E-state index is 0.907. The van der Waals surface area contributed by atoms with Crippen molar-refractivity contribution < 1.29 is 0 Å². The van der Waals surface area contributed by atoms with Gasteiger partial charge in [0.2, 0.25) is 0 Å². The van der Waals surface area contributed by atoms with Crippen molar-refractivity contribution in [2.24, 2.45) is 0 Å². The van der Waals surface area contributed by atoms with Gasteiger partial charge in [0.15, 0.2) is 0 Å². The topological polar surface area (TPSA) is 41.1 Å². The standard InChI is InChI=1S/C16H24N4/c1-4-13-7-8-15-14(11-13)16(19-12-18-15)17-9-10-20(5-2)6-3/h7-8,11-12H,4-6,9-10H2,1-3H3,(H,17,18,19). The van der Waals surface area contributed by atoms with Gasteiger partial charge in [-0.25, -0.2) is 9.97 Å². The van der Waals surface area contributed by atoms with Crippen molar-refractivity contribution in [1.29, 1.82) is 0 Å². The van der Waals surface area contributed by atoms with Crippen molar-refractivity contribution in [2.45, 2.75) is 27.2 Å².